The van der Waals surface area contributed by atoms with Gasteiger partial charge in [-0.05, 0) is 49.6 Å². The van der Waals surface area contributed by atoms with Crippen molar-refractivity contribution in [2.24, 2.45) is 5.10 Å². The summed E-state index contributed by atoms with van der Waals surface area (Å²) in [6.45, 7) is 5.75. The van der Waals surface area contributed by atoms with Gasteiger partial charge in [-0.15, -0.1) is 0 Å². The van der Waals surface area contributed by atoms with Gasteiger partial charge in [-0.3, -0.25) is 9.80 Å². The zero-order valence-electron chi connectivity index (χ0n) is 19.4. The lowest BCUT2D eigenvalue weighted by Gasteiger charge is -2.28. The average Bonchev–Trinajstić information content (AvgIpc) is 3.17. The number of carbonyl (C=O) groups is 3. The third kappa shape index (κ3) is 4.33. The maximum absolute atomic E-state index is 13.5. The van der Waals surface area contributed by atoms with Gasteiger partial charge in [0, 0.05) is 12.2 Å². The summed E-state index contributed by atoms with van der Waals surface area (Å²) < 4.78 is 14.7. The van der Waals surface area contributed by atoms with Gasteiger partial charge in [-0.2, -0.15) is 19.4 Å². The largest absolute Gasteiger partial charge is 0.501 e. The summed E-state index contributed by atoms with van der Waals surface area (Å²) in [5, 5.41) is 8.95. The van der Waals surface area contributed by atoms with Crippen molar-refractivity contribution in [3.63, 3.8) is 0 Å². The second kappa shape index (κ2) is 9.54. The van der Waals surface area contributed by atoms with Crippen molar-refractivity contribution >= 4 is 35.0 Å². The van der Waals surface area contributed by atoms with Crippen molar-refractivity contribution in [3.8, 4) is 0 Å². The Morgan fingerprint density at radius 2 is 1.82 bits per heavy atom. The molecule has 1 atom stereocenters. The maximum Gasteiger partial charge on any atom is 0.501 e. The molecule has 0 saturated heterocycles. The van der Waals surface area contributed by atoms with Crippen molar-refractivity contribution in [1.82, 2.24) is 9.91 Å². The number of hydrogen-bond donors (Lipinski definition) is 1. The SMILES string of the molecule is CCc1ccccc1NC(=O)C[N+]1=C2C(C)=NN(CC)C2C(=O)N(Cc2ccc(F)cc2)C1=O. The lowest BCUT2D eigenvalue weighted by atomic mass is 10.0. The number of nitrogens with zero attached hydrogens (tertiary/aromatic N) is 4. The Labute approximate surface area is 197 Å². The Morgan fingerprint density at radius 1 is 1.12 bits per heavy atom. The van der Waals surface area contributed by atoms with E-state index in [4.69, 9.17) is 0 Å². The Balaban J connectivity index is 1.67. The quantitative estimate of drug-likeness (QED) is 0.639. The molecular weight excluding hydrogens is 437 g/mol. The molecular formula is C25H27FN5O3+. The Morgan fingerprint density at radius 3 is 2.50 bits per heavy atom. The minimum Gasteiger partial charge on any atom is -0.322 e. The molecule has 0 fully saturated rings. The number of carbonyl (C=O) groups excluding carboxylic acids is 3. The molecule has 1 N–H and O–H groups in total. The number of urea groups is 1. The molecule has 0 saturated carbocycles. The molecule has 34 heavy (non-hydrogen) atoms. The van der Waals surface area contributed by atoms with Crippen LogP contribution in [-0.2, 0) is 22.6 Å². The van der Waals surface area contributed by atoms with Crippen LogP contribution >= 0.6 is 0 Å². The van der Waals surface area contributed by atoms with Gasteiger partial charge in [0.05, 0.1) is 0 Å². The number of likely N-dealkylation sites (N-methyl/N-ethyl adjacent to an activating group) is 1. The lowest BCUT2D eigenvalue weighted by Crippen LogP contribution is -2.61. The minimum absolute atomic E-state index is 0.0326. The first-order chi connectivity index (χ1) is 16.3. The molecule has 2 aliphatic heterocycles. The molecule has 2 heterocycles. The number of rotatable bonds is 7. The molecule has 1 unspecified atom stereocenters. The van der Waals surface area contributed by atoms with Crippen LogP contribution in [0.25, 0.3) is 0 Å². The zero-order chi connectivity index (χ0) is 24.4. The predicted molar refractivity (Wildman–Crippen MR) is 126 cm³/mol. The predicted octanol–water partition coefficient (Wildman–Crippen LogP) is 3.02. The van der Waals surface area contributed by atoms with Crippen LogP contribution in [0.2, 0.25) is 0 Å². The van der Waals surface area contributed by atoms with E-state index in [1.54, 1.807) is 11.9 Å². The van der Waals surface area contributed by atoms with Crippen LogP contribution in [0, 0.1) is 5.82 Å². The first kappa shape index (κ1) is 23.3. The van der Waals surface area contributed by atoms with Crippen molar-refractivity contribution in [3.05, 3.63) is 65.5 Å². The van der Waals surface area contributed by atoms with Crippen LogP contribution < -0.4 is 5.32 Å². The second-order valence-electron chi connectivity index (χ2n) is 8.21. The highest BCUT2D eigenvalue weighted by atomic mass is 19.1. The number of halogens is 1. The van der Waals surface area contributed by atoms with E-state index in [1.807, 2.05) is 38.1 Å². The Bertz CT molecular complexity index is 1210. The summed E-state index contributed by atoms with van der Waals surface area (Å²) in [6, 6.07) is 11.7. The third-order valence-corrected chi connectivity index (χ3v) is 6.01. The molecule has 9 heteroatoms. The number of anilines is 1. The van der Waals surface area contributed by atoms with Crippen LogP contribution in [0.3, 0.4) is 0 Å². The van der Waals surface area contributed by atoms with E-state index in [1.165, 1.54) is 28.8 Å². The second-order valence-corrected chi connectivity index (χ2v) is 8.21. The van der Waals surface area contributed by atoms with Crippen LogP contribution in [0.15, 0.2) is 53.6 Å². The van der Waals surface area contributed by atoms with Gasteiger partial charge in [0.2, 0.25) is 6.04 Å². The number of nitrogens with one attached hydrogen (secondary N) is 1. The van der Waals surface area contributed by atoms with Gasteiger partial charge in [0.15, 0.2) is 12.3 Å². The van der Waals surface area contributed by atoms with Gasteiger partial charge < -0.3 is 5.32 Å². The highest BCUT2D eigenvalue weighted by Gasteiger charge is 2.54. The summed E-state index contributed by atoms with van der Waals surface area (Å²) in [7, 11) is 0. The standard InChI is InChI=1S/C25H26FN5O3/c1-4-18-8-6-7-9-20(18)27-21(32)15-29-22-16(3)28-31(5-2)23(22)24(33)30(25(29)34)14-17-10-12-19(26)13-11-17/h6-13,23H,4-5,14-15H2,1-3H3/p+1. The molecule has 0 aromatic heterocycles. The topological polar surface area (TPSA) is 85.1 Å². The smallest absolute Gasteiger partial charge is 0.322 e. The van der Waals surface area contributed by atoms with Crippen LogP contribution in [0.4, 0.5) is 14.9 Å². The molecule has 176 valence electrons. The van der Waals surface area contributed by atoms with Crippen LogP contribution in [-0.4, -0.2) is 62.9 Å². The number of benzene rings is 2. The summed E-state index contributed by atoms with van der Waals surface area (Å²) >= 11 is 0. The van der Waals surface area contributed by atoms with E-state index in [2.05, 4.69) is 10.4 Å². The lowest BCUT2D eigenvalue weighted by molar-refractivity contribution is -0.427. The molecule has 0 spiro atoms. The van der Waals surface area contributed by atoms with E-state index < -0.39 is 23.8 Å². The molecule has 4 rings (SSSR count). The molecule has 2 aromatic carbocycles. The van der Waals surface area contributed by atoms with Gasteiger partial charge in [-0.25, -0.2) is 9.18 Å². The van der Waals surface area contributed by atoms with Gasteiger partial charge in [-0.1, -0.05) is 37.3 Å². The number of fused-ring (bicyclic) bond motifs is 1. The van der Waals surface area contributed by atoms with Crippen LogP contribution in [0.1, 0.15) is 31.9 Å². The normalized spacial score (nSPS) is 17.8. The Kier molecular flexibility index (Phi) is 6.54. The first-order valence-electron chi connectivity index (χ1n) is 11.3. The molecule has 2 aliphatic rings. The van der Waals surface area contributed by atoms with E-state index in [0.29, 0.717) is 29.2 Å². The number of hydrazone groups is 1. The van der Waals surface area contributed by atoms with E-state index >= 15 is 0 Å². The summed E-state index contributed by atoms with van der Waals surface area (Å²) in [5.74, 6) is -1.20. The summed E-state index contributed by atoms with van der Waals surface area (Å²) in [6.07, 6.45) is 0.746. The van der Waals surface area contributed by atoms with Crippen molar-refractivity contribution in [1.29, 1.82) is 0 Å². The number of imide groups is 1. The molecule has 0 radical (unpaired) electrons. The van der Waals surface area contributed by atoms with Gasteiger partial charge >= 0.3 is 11.9 Å². The third-order valence-electron chi connectivity index (χ3n) is 6.01. The fourth-order valence-electron chi connectivity index (χ4n) is 4.33. The summed E-state index contributed by atoms with van der Waals surface area (Å²) in [5.41, 5.74) is 3.22. The fourth-order valence-corrected chi connectivity index (χ4v) is 4.33. The monoisotopic (exact) mass is 464 g/mol. The molecule has 0 aliphatic carbocycles. The average molecular weight is 465 g/mol. The highest BCUT2D eigenvalue weighted by molar-refractivity contribution is 6.48. The van der Waals surface area contributed by atoms with Gasteiger partial charge in [0.25, 0.3) is 5.91 Å². The van der Waals surface area contributed by atoms with Crippen molar-refractivity contribution in [2.45, 2.75) is 39.8 Å². The fraction of sp³-hybridized carbons (Fsp3) is 0.320. The summed E-state index contributed by atoms with van der Waals surface area (Å²) in [4.78, 5) is 41.0. The molecule has 0 bridgehead atoms. The molecule has 8 nitrogen and oxygen atoms in total. The van der Waals surface area contributed by atoms with Gasteiger partial charge in [0.1, 0.15) is 18.1 Å². The van der Waals surface area contributed by atoms with Crippen LogP contribution in [0.5, 0.6) is 0 Å². The first-order valence-corrected chi connectivity index (χ1v) is 11.3. The maximum atomic E-state index is 13.5. The van der Waals surface area contributed by atoms with Crippen molar-refractivity contribution < 1.29 is 23.3 Å². The number of para-hydroxylation sites is 1. The molecule has 2 aromatic rings. The van der Waals surface area contributed by atoms with Crippen molar-refractivity contribution in [2.75, 3.05) is 18.4 Å². The highest BCUT2D eigenvalue weighted by Crippen LogP contribution is 2.23. The van der Waals surface area contributed by atoms with E-state index in [-0.39, 0.29) is 19.0 Å². The zero-order valence-corrected chi connectivity index (χ0v) is 19.4. The number of aryl methyl sites for hydroxylation is 1. The number of amides is 4. The van der Waals surface area contributed by atoms with E-state index in [0.717, 1.165) is 16.9 Å². The minimum atomic E-state index is -0.793. The Hall–Kier alpha value is -3.88. The molecule has 4 amide bonds. The number of hydrogen-bond acceptors (Lipinski definition) is 5. The van der Waals surface area contributed by atoms with E-state index in [9.17, 15) is 18.8 Å².